The van der Waals surface area contributed by atoms with Gasteiger partial charge in [0.15, 0.2) is 11.5 Å². The van der Waals surface area contributed by atoms with Crippen LogP contribution in [0.5, 0.6) is 11.5 Å². The highest BCUT2D eigenvalue weighted by atomic mass is 35.5. The molecule has 0 saturated heterocycles. The van der Waals surface area contributed by atoms with Crippen molar-refractivity contribution in [3.05, 3.63) is 86.3 Å². The van der Waals surface area contributed by atoms with Crippen molar-refractivity contribution in [2.75, 3.05) is 11.9 Å². The fourth-order valence-electron chi connectivity index (χ4n) is 3.21. The summed E-state index contributed by atoms with van der Waals surface area (Å²) in [7, 11) is 0. The molecule has 0 saturated carbocycles. The second-order valence-corrected chi connectivity index (χ2v) is 7.79. The molecule has 1 heterocycles. The third-order valence-electron chi connectivity index (χ3n) is 4.68. The number of aromatic amines is 2. The van der Waals surface area contributed by atoms with Gasteiger partial charge in [-0.1, -0.05) is 35.3 Å². The number of imidazole rings is 1. The summed E-state index contributed by atoms with van der Waals surface area (Å²) in [6, 6.07) is 16.8. The summed E-state index contributed by atoms with van der Waals surface area (Å²) in [4.78, 5) is 16.9. The molecular weight excluding hydrogens is 437 g/mol. The summed E-state index contributed by atoms with van der Waals surface area (Å²) in [6.45, 7) is 3.28. The zero-order chi connectivity index (χ0) is 21.8. The van der Waals surface area contributed by atoms with Crippen molar-refractivity contribution < 1.29 is 9.47 Å². The zero-order valence-electron chi connectivity index (χ0n) is 16.8. The molecule has 31 heavy (non-hydrogen) atoms. The van der Waals surface area contributed by atoms with Crippen LogP contribution in [0, 0.1) is 0 Å². The molecule has 0 radical (unpaired) electrons. The fraction of sp³-hybridized carbons (Fsp3) is 0.174. The van der Waals surface area contributed by atoms with Crippen molar-refractivity contribution in [2.24, 2.45) is 0 Å². The quantitative estimate of drug-likeness (QED) is 0.314. The molecule has 0 fully saturated rings. The van der Waals surface area contributed by atoms with Gasteiger partial charge in [-0.05, 0) is 60.5 Å². The van der Waals surface area contributed by atoms with Crippen LogP contribution in [0.1, 0.15) is 18.1 Å². The van der Waals surface area contributed by atoms with E-state index in [2.05, 4.69) is 15.3 Å². The lowest BCUT2D eigenvalue weighted by atomic mass is 10.2. The summed E-state index contributed by atoms with van der Waals surface area (Å²) >= 11 is 12.5. The van der Waals surface area contributed by atoms with Gasteiger partial charge in [-0.25, -0.2) is 4.79 Å². The van der Waals surface area contributed by atoms with E-state index in [1.54, 1.807) is 0 Å². The molecule has 0 spiro atoms. The summed E-state index contributed by atoms with van der Waals surface area (Å²) < 4.78 is 11.7. The minimum absolute atomic E-state index is 0.227. The van der Waals surface area contributed by atoms with Gasteiger partial charge in [-0.2, -0.15) is 0 Å². The van der Waals surface area contributed by atoms with Crippen LogP contribution in [0.15, 0.2) is 59.4 Å². The van der Waals surface area contributed by atoms with Gasteiger partial charge >= 0.3 is 5.69 Å². The van der Waals surface area contributed by atoms with Crippen molar-refractivity contribution in [1.82, 2.24) is 9.97 Å². The van der Waals surface area contributed by atoms with E-state index in [-0.39, 0.29) is 5.69 Å². The molecule has 0 aliphatic carbocycles. The van der Waals surface area contributed by atoms with Crippen molar-refractivity contribution in [1.29, 1.82) is 0 Å². The number of H-pyrrole nitrogens is 2. The lowest BCUT2D eigenvalue weighted by Crippen LogP contribution is -2.04. The topological polar surface area (TPSA) is 79.1 Å². The molecule has 160 valence electrons. The third-order valence-corrected chi connectivity index (χ3v) is 5.21. The van der Waals surface area contributed by atoms with Gasteiger partial charge in [-0.3, -0.25) is 0 Å². The van der Waals surface area contributed by atoms with E-state index in [9.17, 15) is 4.79 Å². The van der Waals surface area contributed by atoms with E-state index in [0.717, 1.165) is 27.8 Å². The SMILES string of the molecule is CCOc1cc(CNc2ccc3[nH]c(=O)[nH]c3c2)cc(Cl)c1OCc1ccc(Cl)cc1. The minimum Gasteiger partial charge on any atom is -0.490 e. The van der Waals surface area contributed by atoms with E-state index in [1.165, 1.54) is 0 Å². The van der Waals surface area contributed by atoms with Crippen molar-refractivity contribution in [2.45, 2.75) is 20.1 Å². The maximum atomic E-state index is 11.4. The first-order chi connectivity index (χ1) is 15.0. The van der Waals surface area contributed by atoms with Crippen molar-refractivity contribution >= 4 is 39.9 Å². The molecule has 3 N–H and O–H groups in total. The Morgan fingerprint density at radius 1 is 0.903 bits per heavy atom. The molecule has 8 heteroatoms. The second-order valence-electron chi connectivity index (χ2n) is 6.95. The first-order valence-electron chi connectivity index (χ1n) is 9.80. The predicted molar refractivity (Wildman–Crippen MR) is 125 cm³/mol. The molecule has 0 aliphatic heterocycles. The molecule has 1 aromatic heterocycles. The van der Waals surface area contributed by atoms with Gasteiger partial charge in [0.05, 0.1) is 22.7 Å². The number of fused-ring (bicyclic) bond motifs is 1. The molecule has 0 aliphatic rings. The number of benzene rings is 3. The number of nitrogens with one attached hydrogen (secondary N) is 3. The van der Waals surface area contributed by atoms with Crippen LogP contribution >= 0.6 is 23.2 Å². The average Bonchev–Trinajstić information content (AvgIpc) is 3.12. The van der Waals surface area contributed by atoms with Crippen LogP contribution in [0.3, 0.4) is 0 Å². The highest BCUT2D eigenvalue weighted by molar-refractivity contribution is 6.32. The van der Waals surface area contributed by atoms with E-state index in [1.807, 2.05) is 61.5 Å². The lowest BCUT2D eigenvalue weighted by molar-refractivity contribution is 0.269. The Morgan fingerprint density at radius 2 is 1.68 bits per heavy atom. The summed E-state index contributed by atoms with van der Waals surface area (Å²) in [5.41, 5.74) is 4.07. The largest absolute Gasteiger partial charge is 0.490 e. The van der Waals surface area contributed by atoms with Gasteiger partial charge in [-0.15, -0.1) is 0 Å². The molecule has 0 atom stereocenters. The molecule has 4 aromatic rings. The molecule has 3 aromatic carbocycles. The van der Waals surface area contributed by atoms with Gasteiger partial charge in [0.2, 0.25) is 0 Å². The number of ether oxygens (including phenoxy) is 2. The first kappa shape index (κ1) is 21.2. The smallest absolute Gasteiger partial charge is 0.323 e. The monoisotopic (exact) mass is 457 g/mol. The lowest BCUT2D eigenvalue weighted by Gasteiger charge is -2.16. The van der Waals surface area contributed by atoms with Crippen molar-refractivity contribution in [3.8, 4) is 11.5 Å². The highest BCUT2D eigenvalue weighted by Crippen LogP contribution is 2.37. The normalized spacial score (nSPS) is 10.9. The summed E-state index contributed by atoms with van der Waals surface area (Å²) in [5, 5.41) is 4.49. The van der Waals surface area contributed by atoms with Crippen LogP contribution in [-0.4, -0.2) is 16.6 Å². The van der Waals surface area contributed by atoms with E-state index in [4.69, 9.17) is 32.7 Å². The second kappa shape index (κ2) is 9.37. The number of aromatic nitrogens is 2. The fourth-order valence-corrected chi connectivity index (χ4v) is 3.62. The molecule has 6 nitrogen and oxygen atoms in total. The predicted octanol–water partition coefficient (Wildman–Crippen LogP) is 5.75. The summed E-state index contributed by atoms with van der Waals surface area (Å²) in [5.74, 6) is 1.10. The van der Waals surface area contributed by atoms with E-state index in [0.29, 0.717) is 41.3 Å². The van der Waals surface area contributed by atoms with Gasteiger partial charge in [0.25, 0.3) is 0 Å². The van der Waals surface area contributed by atoms with Gasteiger partial charge in [0.1, 0.15) is 6.61 Å². The Morgan fingerprint density at radius 3 is 2.45 bits per heavy atom. The number of halogens is 2. The van der Waals surface area contributed by atoms with E-state index >= 15 is 0 Å². The number of hydrogen-bond acceptors (Lipinski definition) is 4. The van der Waals surface area contributed by atoms with Crippen LogP contribution in [0.25, 0.3) is 11.0 Å². The Labute approximate surface area is 189 Å². The van der Waals surface area contributed by atoms with Gasteiger partial charge in [0, 0.05) is 17.3 Å². The molecular formula is C23H21Cl2N3O3. The first-order valence-corrected chi connectivity index (χ1v) is 10.6. The Bertz CT molecular complexity index is 1250. The number of hydrogen-bond donors (Lipinski definition) is 3. The Balaban J connectivity index is 1.49. The standard InChI is InChI=1S/C23H21Cl2N3O3/c1-2-30-21-10-15(12-26-17-7-8-19-20(11-17)28-23(29)27-19)9-18(25)22(21)31-13-14-3-5-16(24)6-4-14/h3-11,26H,2,12-13H2,1H3,(H2,27,28,29). The van der Waals surface area contributed by atoms with Crippen LogP contribution in [0.2, 0.25) is 10.0 Å². The molecule has 0 unspecified atom stereocenters. The Hall–Kier alpha value is -3.09. The zero-order valence-corrected chi connectivity index (χ0v) is 18.3. The third kappa shape index (κ3) is 5.16. The highest BCUT2D eigenvalue weighted by Gasteiger charge is 2.13. The van der Waals surface area contributed by atoms with Crippen LogP contribution < -0.4 is 20.5 Å². The molecule has 0 amide bonds. The average molecular weight is 458 g/mol. The Kier molecular flexibility index (Phi) is 6.39. The number of anilines is 1. The molecule has 4 rings (SSSR count). The summed E-state index contributed by atoms with van der Waals surface area (Å²) in [6.07, 6.45) is 0. The van der Waals surface area contributed by atoms with Gasteiger partial charge < -0.3 is 24.8 Å². The van der Waals surface area contributed by atoms with Crippen LogP contribution in [0.4, 0.5) is 5.69 Å². The maximum Gasteiger partial charge on any atom is 0.323 e. The minimum atomic E-state index is -0.227. The molecule has 0 bridgehead atoms. The van der Waals surface area contributed by atoms with Crippen LogP contribution in [-0.2, 0) is 13.2 Å². The maximum absolute atomic E-state index is 11.4. The van der Waals surface area contributed by atoms with E-state index < -0.39 is 0 Å². The van der Waals surface area contributed by atoms with Crippen molar-refractivity contribution in [3.63, 3.8) is 0 Å². The number of rotatable bonds is 8.